The molecule has 0 unspecified atom stereocenters. The Morgan fingerprint density at radius 2 is 1.79 bits per heavy atom. The van der Waals surface area contributed by atoms with Gasteiger partial charge in [-0.3, -0.25) is 10.1 Å². The molecule has 6 nitrogen and oxygen atoms in total. The summed E-state index contributed by atoms with van der Waals surface area (Å²) < 4.78 is 24.7. The maximum atomic E-state index is 14.1. The summed E-state index contributed by atoms with van der Waals surface area (Å²) in [6.07, 6.45) is -0.668. The molecule has 150 valence electrons. The van der Waals surface area contributed by atoms with Crippen LogP contribution in [0, 0.1) is 12.7 Å². The van der Waals surface area contributed by atoms with Crippen LogP contribution in [0.2, 0.25) is 0 Å². The molecule has 2 N–H and O–H groups in total. The molecule has 0 aliphatic rings. The van der Waals surface area contributed by atoms with Gasteiger partial charge < -0.3 is 14.8 Å². The molecule has 2 amide bonds. The van der Waals surface area contributed by atoms with Crippen molar-refractivity contribution in [1.29, 1.82) is 0 Å². The Kier molecular flexibility index (Phi) is 6.62. The van der Waals surface area contributed by atoms with Crippen molar-refractivity contribution in [3.05, 3.63) is 53.3 Å². The van der Waals surface area contributed by atoms with Crippen LogP contribution in [0.5, 0.6) is 5.75 Å². The first-order chi connectivity index (χ1) is 13.1. The Hall–Kier alpha value is -3.09. The maximum absolute atomic E-state index is 14.1. The third-order valence-corrected chi connectivity index (χ3v) is 3.60. The molecule has 0 saturated carbocycles. The highest BCUT2D eigenvalue weighted by Crippen LogP contribution is 2.23. The summed E-state index contributed by atoms with van der Waals surface area (Å²) in [6.45, 7) is 9.44. The lowest BCUT2D eigenvalue weighted by molar-refractivity contribution is 0.0635. The predicted molar refractivity (Wildman–Crippen MR) is 107 cm³/mol. The predicted octanol–water partition coefficient (Wildman–Crippen LogP) is 5.13. The summed E-state index contributed by atoms with van der Waals surface area (Å²) in [5, 5.41) is 5.03. The molecule has 0 atom stereocenters. The summed E-state index contributed by atoms with van der Waals surface area (Å²) >= 11 is 0. The van der Waals surface area contributed by atoms with Crippen LogP contribution in [0.3, 0.4) is 0 Å². The molecule has 7 heteroatoms. The molecule has 0 saturated heterocycles. The van der Waals surface area contributed by atoms with Crippen molar-refractivity contribution < 1.29 is 23.5 Å². The number of anilines is 2. The minimum atomic E-state index is -0.668. The van der Waals surface area contributed by atoms with Gasteiger partial charge in [0.15, 0.2) is 0 Å². The number of carbonyl (C=O) groups excluding carboxylic acids is 2. The minimum absolute atomic E-state index is 0.0508. The van der Waals surface area contributed by atoms with Crippen molar-refractivity contribution in [3.63, 3.8) is 0 Å². The van der Waals surface area contributed by atoms with E-state index in [2.05, 4.69) is 10.6 Å². The van der Waals surface area contributed by atoms with E-state index in [0.29, 0.717) is 23.6 Å². The van der Waals surface area contributed by atoms with Gasteiger partial charge >= 0.3 is 6.09 Å². The monoisotopic (exact) mass is 388 g/mol. The van der Waals surface area contributed by atoms with Gasteiger partial charge in [0, 0.05) is 11.3 Å². The lowest BCUT2D eigenvalue weighted by Crippen LogP contribution is -2.27. The second kappa shape index (κ2) is 8.73. The van der Waals surface area contributed by atoms with E-state index in [0.717, 1.165) is 11.6 Å². The topological polar surface area (TPSA) is 76.7 Å². The molecule has 2 rings (SSSR count). The third-order valence-electron chi connectivity index (χ3n) is 3.60. The van der Waals surface area contributed by atoms with Crippen LogP contribution < -0.4 is 15.4 Å². The fraction of sp³-hybridized carbons (Fsp3) is 0.333. The molecule has 0 fully saturated rings. The number of benzene rings is 2. The molecule has 0 aromatic heterocycles. The molecule has 0 heterocycles. The molecule has 0 bridgehead atoms. The van der Waals surface area contributed by atoms with Gasteiger partial charge in [0.1, 0.15) is 17.2 Å². The van der Waals surface area contributed by atoms with Crippen molar-refractivity contribution in [2.45, 2.75) is 40.2 Å². The van der Waals surface area contributed by atoms with E-state index in [4.69, 9.17) is 9.47 Å². The quantitative estimate of drug-likeness (QED) is 0.744. The van der Waals surface area contributed by atoms with Crippen LogP contribution in [-0.2, 0) is 4.74 Å². The van der Waals surface area contributed by atoms with Gasteiger partial charge in [-0.15, -0.1) is 0 Å². The lowest BCUT2D eigenvalue weighted by atomic mass is 10.1. The Morgan fingerprint density at radius 3 is 2.39 bits per heavy atom. The summed E-state index contributed by atoms with van der Waals surface area (Å²) in [4.78, 5) is 24.3. The zero-order valence-corrected chi connectivity index (χ0v) is 16.7. The van der Waals surface area contributed by atoms with E-state index < -0.39 is 23.4 Å². The zero-order chi connectivity index (χ0) is 20.9. The molecule has 0 aliphatic heterocycles. The normalized spacial score (nSPS) is 10.9. The van der Waals surface area contributed by atoms with Crippen LogP contribution in [0.4, 0.5) is 20.6 Å². The summed E-state index contributed by atoms with van der Waals surface area (Å²) in [6, 6.07) is 8.85. The number of carbonyl (C=O) groups is 2. The Morgan fingerprint density at radius 1 is 1.07 bits per heavy atom. The summed E-state index contributed by atoms with van der Waals surface area (Å²) in [7, 11) is 0. The molecule has 2 aromatic rings. The SMILES string of the molecule is CCOc1ccc(C(=O)Nc2cc(NC(=O)OC(C)(C)C)ccc2F)cc1C. The second-order valence-electron chi connectivity index (χ2n) is 7.19. The summed E-state index contributed by atoms with van der Waals surface area (Å²) in [5.41, 5.74) is 0.757. The van der Waals surface area contributed by atoms with E-state index in [1.54, 1.807) is 39.0 Å². The van der Waals surface area contributed by atoms with Crippen LogP contribution in [0.25, 0.3) is 0 Å². The van der Waals surface area contributed by atoms with Crippen molar-refractivity contribution in [2.24, 2.45) is 0 Å². The zero-order valence-electron chi connectivity index (χ0n) is 16.7. The average Bonchev–Trinajstić information content (AvgIpc) is 2.58. The van der Waals surface area contributed by atoms with Crippen LogP contribution >= 0.6 is 0 Å². The summed E-state index contributed by atoms with van der Waals surface area (Å²) in [5.74, 6) is -0.404. The highest BCUT2D eigenvalue weighted by Gasteiger charge is 2.17. The van der Waals surface area contributed by atoms with E-state index in [1.807, 2.05) is 13.8 Å². The van der Waals surface area contributed by atoms with Gasteiger partial charge in [-0.05, 0) is 76.6 Å². The first-order valence-corrected chi connectivity index (χ1v) is 8.93. The number of hydrogen-bond acceptors (Lipinski definition) is 4. The Balaban J connectivity index is 2.14. The highest BCUT2D eigenvalue weighted by atomic mass is 19.1. The minimum Gasteiger partial charge on any atom is -0.494 e. The van der Waals surface area contributed by atoms with E-state index in [9.17, 15) is 14.0 Å². The first kappa shape index (κ1) is 21.2. The number of rotatable bonds is 5. The number of hydrogen-bond donors (Lipinski definition) is 2. The van der Waals surface area contributed by atoms with Gasteiger partial charge in [0.05, 0.1) is 12.3 Å². The van der Waals surface area contributed by atoms with Crippen LogP contribution in [0.15, 0.2) is 36.4 Å². The Bertz CT molecular complexity index is 875. The fourth-order valence-corrected chi connectivity index (χ4v) is 2.42. The number of aryl methyl sites for hydroxylation is 1. The third kappa shape index (κ3) is 5.97. The first-order valence-electron chi connectivity index (χ1n) is 8.93. The lowest BCUT2D eigenvalue weighted by Gasteiger charge is -2.20. The largest absolute Gasteiger partial charge is 0.494 e. The van der Waals surface area contributed by atoms with Gasteiger partial charge in [-0.2, -0.15) is 0 Å². The van der Waals surface area contributed by atoms with Crippen molar-refractivity contribution in [3.8, 4) is 5.75 Å². The van der Waals surface area contributed by atoms with Gasteiger partial charge in [0.25, 0.3) is 5.91 Å². The number of halogens is 1. The Labute approximate surface area is 164 Å². The molecule has 28 heavy (non-hydrogen) atoms. The number of nitrogens with one attached hydrogen (secondary N) is 2. The number of amides is 2. The molecule has 0 radical (unpaired) electrons. The molecular formula is C21H25FN2O4. The average molecular weight is 388 g/mol. The van der Waals surface area contributed by atoms with Crippen molar-refractivity contribution >= 4 is 23.4 Å². The molecular weight excluding hydrogens is 363 g/mol. The van der Waals surface area contributed by atoms with Gasteiger partial charge in [-0.1, -0.05) is 0 Å². The number of ether oxygens (including phenoxy) is 2. The van der Waals surface area contributed by atoms with E-state index in [1.165, 1.54) is 12.1 Å². The molecule has 0 spiro atoms. The smallest absolute Gasteiger partial charge is 0.412 e. The van der Waals surface area contributed by atoms with Crippen LogP contribution in [0.1, 0.15) is 43.6 Å². The second-order valence-corrected chi connectivity index (χ2v) is 7.19. The maximum Gasteiger partial charge on any atom is 0.412 e. The van der Waals surface area contributed by atoms with Crippen LogP contribution in [-0.4, -0.2) is 24.2 Å². The molecule has 2 aromatic carbocycles. The van der Waals surface area contributed by atoms with Crippen molar-refractivity contribution in [1.82, 2.24) is 0 Å². The van der Waals surface area contributed by atoms with Gasteiger partial charge in [0.2, 0.25) is 0 Å². The van der Waals surface area contributed by atoms with Crippen molar-refractivity contribution in [2.75, 3.05) is 17.2 Å². The fourth-order valence-electron chi connectivity index (χ4n) is 2.42. The van der Waals surface area contributed by atoms with E-state index in [-0.39, 0.29) is 5.69 Å². The highest BCUT2D eigenvalue weighted by molar-refractivity contribution is 6.05. The standard InChI is InChI=1S/C21H25FN2O4/c1-6-27-18-10-7-14(11-13(18)2)19(25)24-17-12-15(8-9-16(17)22)23-20(26)28-21(3,4)5/h7-12H,6H2,1-5H3,(H,23,26)(H,24,25). The van der Waals surface area contributed by atoms with Gasteiger partial charge in [-0.25, -0.2) is 9.18 Å². The molecule has 0 aliphatic carbocycles. The van der Waals surface area contributed by atoms with E-state index >= 15 is 0 Å².